The smallest absolute Gasteiger partial charge is 0.0518 e. The molecule has 0 aromatic rings. The van der Waals surface area contributed by atoms with Crippen molar-refractivity contribution in [2.24, 2.45) is 0 Å². The van der Waals surface area contributed by atoms with Crippen LogP contribution in [0.25, 0.3) is 0 Å². The van der Waals surface area contributed by atoms with Gasteiger partial charge in [0, 0.05) is 4.75 Å². The number of hydrogen-bond acceptors (Lipinski definition) is 2. The van der Waals surface area contributed by atoms with Gasteiger partial charge in [0.25, 0.3) is 0 Å². The maximum Gasteiger partial charge on any atom is 0.0518 e. The third-order valence-electron chi connectivity index (χ3n) is 0.443. The Morgan fingerprint density at radius 3 is 1.78 bits per heavy atom. The number of hydrogen-bond donors (Lipinski definition) is 1. The highest BCUT2D eigenvalue weighted by atomic mass is 33.2. The van der Waals surface area contributed by atoms with Crippen LogP contribution in [-0.2, 0) is 11.8 Å². The van der Waals surface area contributed by atoms with Crippen LogP contribution >= 0.6 is 28.1 Å². The molecule has 1 unspecified atom stereocenters. The van der Waals surface area contributed by atoms with Crippen LogP contribution < -0.4 is 0 Å². The lowest BCUT2D eigenvalue weighted by Gasteiger charge is -2.21. The molecule has 0 bridgehead atoms. The van der Waals surface area contributed by atoms with Crippen LogP contribution in [0.3, 0.4) is 0 Å². The first-order chi connectivity index (χ1) is 3.71. The molecular weight excluding hydrogens is 187 g/mol. The van der Waals surface area contributed by atoms with E-state index in [4.69, 9.17) is 11.8 Å². The lowest BCUT2D eigenvalue weighted by atomic mass is 10.3. The molecule has 1 atom stereocenters. The van der Waals surface area contributed by atoms with Gasteiger partial charge in [0.05, 0.1) is 4.44 Å². The molecule has 0 aromatic heterocycles. The van der Waals surface area contributed by atoms with E-state index in [0.717, 1.165) is 0 Å². The number of rotatable bonds is 1. The minimum absolute atomic E-state index is 0.270. The van der Waals surface area contributed by atoms with Crippen molar-refractivity contribution in [3.05, 3.63) is 0 Å². The second-order valence-corrected chi connectivity index (χ2v) is 15.7. The van der Waals surface area contributed by atoms with Gasteiger partial charge in [-0.2, -0.15) is 0 Å². The summed E-state index contributed by atoms with van der Waals surface area (Å²) in [6, 6.07) is 0. The summed E-state index contributed by atoms with van der Waals surface area (Å²) in [4.78, 5) is 0. The second kappa shape index (κ2) is 3.17. The Labute approximate surface area is 72.1 Å². The average Bonchev–Trinajstić information content (AvgIpc) is 1.14. The van der Waals surface area contributed by atoms with E-state index in [9.17, 15) is 0 Å². The molecule has 0 saturated carbocycles. The summed E-state index contributed by atoms with van der Waals surface area (Å²) in [6.45, 7) is 8.54. The summed E-state index contributed by atoms with van der Waals surface area (Å²) >= 11 is 11.3. The van der Waals surface area contributed by atoms with Crippen LogP contribution in [0.4, 0.5) is 0 Å². The van der Waals surface area contributed by atoms with E-state index in [0.29, 0.717) is 0 Å². The minimum atomic E-state index is -1.34. The van der Waals surface area contributed by atoms with Crippen LogP contribution in [0.1, 0.15) is 20.8 Å². The first-order valence-corrected chi connectivity index (χ1v) is 8.54. The summed E-state index contributed by atoms with van der Waals surface area (Å²) in [6.07, 6.45) is 0. The first kappa shape index (κ1) is 10.3. The topological polar surface area (TPSA) is 0 Å². The Hall–Kier alpha value is 1.35. The summed E-state index contributed by atoms with van der Waals surface area (Å²) in [5, 5.41) is 0. The van der Waals surface area contributed by atoms with Crippen molar-refractivity contribution in [2.45, 2.75) is 25.5 Å². The molecule has 0 N–H and O–H groups in total. The molecule has 0 aromatic carbocycles. The lowest BCUT2D eigenvalue weighted by Crippen LogP contribution is -2.04. The molecule has 0 rings (SSSR count). The molecule has 0 aliphatic carbocycles. The molecular formula is C5H13PS3. The van der Waals surface area contributed by atoms with Gasteiger partial charge in [-0.05, 0) is 6.66 Å². The Morgan fingerprint density at radius 1 is 1.44 bits per heavy atom. The highest BCUT2D eigenvalue weighted by Crippen LogP contribution is 2.64. The van der Waals surface area contributed by atoms with E-state index < -0.39 is 4.44 Å². The molecule has 4 heteroatoms. The summed E-state index contributed by atoms with van der Waals surface area (Å²) in [5.41, 5.74) is 0. The maximum absolute atomic E-state index is 5.17. The molecule has 9 heavy (non-hydrogen) atoms. The summed E-state index contributed by atoms with van der Waals surface area (Å²) in [5.74, 6) is 0. The summed E-state index contributed by atoms with van der Waals surface area (Å²) < 4.78 is -1.07. The fourth-order valence-corrected chi connectivity index (χ4v) is 8.79. The predicted octanol–water partition coefficient (Wildman–Crippen LogP) is 3.39. The molecule has 0 spiro atoms. The van der Waals surface area contributed by atoms with Crippen LogP contribution in [0.15, 0.2) is 0 Å². The van der Waals surface area contributed by atoms with Crippen molar-refractivity contribution < 1.29 is 0 Å². The molecule has 0 aliphatic rings. The van der Waals surface area contributed by atoms with Gasteiger partial charge in [0.2, 0.25) is 0 Å². The lowest BCUT2D eigenvalue weighted by molar-refractivity contribution is 0.810. The molecule has 0 aliphatic heterocycles. The largest absolute Gasteiger partial charge is 0.132 e. The van der Waals surface area contributed by atoms with Gasteiger partial charge < -0.3 is 0 Å². The molecule has 0 nitrogen and oxygen atoms in total. The van der Waals surface area contributed by atoms with Gasteiger partial charge >= 0.3 is 0 Å². The fourth-order valence-electron chi connectivity index (χ4n) is 0.508. The highest BCUT2D eigenvalue weighted by Gasteiger charge is 2.17. The Bertz CT molecular complexity index is 130. The van der Waals surface area contributed by atoms with Crippen LogP contribution in [0, 0.1) is 0 Å². The Morgan fingerprint density at radius 2 is 1.78 bits per heavy atom. The Kier molecular flexibility index (Phi) is 3.64. The minimum Gasteiger partial charge on any atom is -0.132 e. The zero-order valence-electron chi connectivity index (χ0n) is 6.21. The van der Waals surface area contributed by atoms with Crippen molar-refractivity contribution >= 4 is 39.9 Å². The molecule has 0 radical (unpaired) electrons. The monoisotopic (exact) mass is 200 g/mol. The van der Waals surface area contributed by atoms with Gasteiger partial charge in [-0.15, -0.1) is 23.6 Å². The fraction of sp³-hybridized carbons (Fsp3) is 1.00. The van der Waals surface area contributed by atoms with E-state index in [1.54, 1.807) is 11.4 Å². The first-order valence-electron chi connectivity index (χ1n) is 2.72. The Balaban J connectivity index is 3.90. The molecule has 0 fully saturated rings. The average molecular weight is 200 g/mol. The van der Waals surface area contributed by atoms with E-state index in [2.05, 4.69) is 33.0 Å². The quantitative estimate of drug-likeness (QED) is 0.509. The van der Waals surface area contributed by atoms with Gasteiger partial charge in [0.15, 0.2) is 0 Å². The zero-order chi connectivity index (χ0) is 7.71. The van der Waals surface area contributed by atoms with Gasteiger partial charge in [0.1, 0.15) is 0 Å². The highest BCUT2D eigenvalue weighted by molar-refractivity contribution is 8.96. The molecule has 0 heterocycles. The normalized spacial score (nSPS) is 19.2. The number of thiol groups is 1. The van der Waals surface area contributed by atoms with Crippen LogP contribution in [-0.4, -0.2) is 11.4 Å². The molecule has 0 saturated heterocycles. The molecule has 0 amide bonds. The van der Waals surface area contributed by atoms with Gasteiger partial charge in [-0.1, -0.05) is 32.6 Å². The molecule has 56 valence electrons. The van der Waals surface area contributed by atoms with E-state index in [1.165, 1.54) is 0 Å². The van der Waals surface area contributed by atoms with Crippen LogP contribution in [0.2, 0.25) is 0 Å². The van der Waals surface area contributed by atoms with Gasteiger partial charge in [-0.25, -0.2) is 0 Å². The third kappa shape index (κ3) is 9.35. The van der Waals surface area contributed by atoms with Crippen molar-refractivity contribution in [3.8, 4) is 0 Å². The standard InChI is InChI=1S/C5H13PS3/c1-5(2,3)9-6(4,7)8/h1-4H3,(H,7,8). The van der Waals surface area contributed by atoms with Crippen molar-refractivity contribution in [1.29, 1.82) is 0 Å². The SMILES string of the molecule is CC(C)(C)SP(C)(=S)S. The zero-order valence-corrected chi connectivity index (χ0v) is 9.63. The third-order valence-corrected chi connectivity index (χ3v) is 5.39. The van der Waals surface area contributed by atoms with E-state index >= 15 is 0 Å². The maximum atomic E-state index is 5.17. The van der Waals surface area contributed by atoms with E-state index in [1.807, 2.05) is 6.66 Å². The van der Waals surface area contributed by atoms with Crippen molar-refractivity contribution in [1.82, 2.24) is 0 Å². The predicted molar refractivity (Wildman–Crippen MR) is 56.5 cm³/mol. The van der Waals surface area contributed by atoms with Gasteiger partial charge in [-0.3, -0.25) is 0 Å². The van der Waals surface area contributed by atoms with Crippen molar-refractivity contribution in [3.63, 3.8) is 0 Å². The summed E-state index contributed by atoms with van der Waals surface area (Å²) in [7, 11) is 0. The van der Waals surface area contributed by atoms with E-state index in [-0.39, 0.29) is 4.75 Å². The van der Waals surface area contributed by atoms with Crippen LogP contribution in [0.5, 0.6) is 0 Å². The van der Waals surface area contributed by atoms with Crippen molar-refractivity contribution in [2.75, 3.05) is 6.66 Å². The second-order valence-electron chi connectivity index (χ2n) is 3.01.